The van der Waals surface area contributed by atoms with Gasteiger partial charge in [0, 0.05) is 18.6 Å². The normalized spacial score (nSPS) is 37.7. The summed E-state index contributed by atoms with van der Waals surface area (Å²) in [6.07, 6.45) is 11.2. The highest BCUT2D eigenvalue weighted by Crippen LogP contribution is 2.39. The maximum absolute atomic E-state index is 6.23. The van der Waals surface area contributed by atoms with Crippen LogP contribution in [0.2, 0.25) is 0 Å². The summed E-state index contributed by atoms with van der Waals surface area (Å²) in [5.74, 6) is 2.59. The number of nitrogens with two attached hydrogens (primary N) is 1. The molecule has 0 spiro atoms. The van der Waals surface area contributed by atoms with E-state index in [9.17, 15) is 0 Å². The molecule has 0 radical (unpaired) electrons. The lowest BCUT2D eigenvalue weighted by Gasteiger charge is -2.49. The Kier molecular flexibility index (Phi) is 5.30. The lowest BCUT2D eigenvalue weighted by atomic mass is 9.70. The Morgan fingerprint density at radius 2 is 1.63 bits per heavy atom. The van der Waals surface area contributed by atoms with Crippen LogP contribution in [-0.2, 0) is 0 Å². The minimum absolute atomic E-state index is 0.286. The molecule has 2 saturated carbocycles. The van der Waals surface area contributed by atoms with Crippen LogP contribution in [0.25, 0.3) is 0 Å². The molecule has 2 aliphatic carbocycles. The first-order chi connectivity index (χ1) is 9.05. The Hall–Kier alpha value is -0.0800. The monoisotopic (exact) mass is 266 g/mol. The maximum atomic E-state index is 6.23. The smallest absolute Gasteiger partial charge is 0.0333 e. The molecule has 2 nitrogen and oxygen atoms in total. The summed E-state index contributed by atoms with van der Waals surface area (Å²) in [5.41, 5.74) is 6.51. The van der Waals surface area contributed by atoms with Crippen molar-refractivity contribution in [1.29, 1.82) is 0 Å². The lowest BCUT2D eigenvalue weighted by molar-refractivity contribution is 0.0243. The summed E-state index contributed by atoms with van der Waals surface area (Å²) < 4.78 is 0. The maximum Gasteiger partial charge on any atom is 0.0333 e. The van der Waals surface area contributed by atoms with Crippen molar-refractivity contribution in [3.8, 4) is 0 Å². The van der Waals surface area contributed by atoms with Crippen LogP contribution < -0.4 is 5.73 Å². The van der Waals surface area contributed by atoms with Crippen LogP contribution in [0.4, 0.5) is 0 Å². The Morgan fingerprint density at radius 3 is 2.16 bits per heavy atom. The van der Waals surface area contributed by atoms with Gasteiger partial charge in [0.15, 0.2) is 0 Å². The quantitative estimate of drug-likeness (QED) is 0.841. The average molecular weight is 266 g/mol. The second kappa shape index (κ2) is 6.58. The van der Waals surface area contributed by atoms with E-state index in [1.54, 1.807) is 0 Å². The number of likely N-dealkylation sites (N-methyl/N-ethyl adjacent to an activating group) is 1. The molecule has 19 heavy (non-hydrogen) atoms. The van der Waals surface area contributed by atoms with Gasteiger partial charge >= 0.3 is 0 Å². The highest BCUT2D eigenvalue weighted by atomic mass is 15.2. The van der Waals surface area contributed by atoms with Crippen molar-refractivity contribution in [1.82, 2.24) is 4.90 Å². The minimum Gasteiger partial charge on any atom is -0.329 e. The van der Waals surface area contributed by atoms with Crippen LogP contribution >= 0.6 is 0 Å². The topological polar surface area (TPSA) is 29.3 Å². The summed E-state index contributed by atoms with van der Waals surface area (Å²) in [6.45, 7) is 6.94. The van der Waals surface area contributed by atoms with Crippen molar-refractivity contribution >= 4 is 0 Å². The molecule has 0 aromatic carbocycles. The predicted molar refractivity (Wildman–Crippen MR) is 83.2 cm³/mol. The average Bonchev–Trinajstić information content (AvgIpc) is 2.38. The van der Waals surface area contributed by atoms with E-state index in [2.05, 4.69) is 25.8 Å². The molecule has 2 heteroatoms. The van der Waals surface area contributed by atoms with E-state index in [1.165, 1.54) is 57.9 Å². The van der Waals surface area contributed by atoms with Gasteiger partial charge in [-0.1, -0.05) is 33.1 Å². The first kappa shape index (κ1) is 15.3. The van der Waals surface area contributed by atoms with Gasteiger partial charge in [-0.15, -0.1) is 0 Å². The fourth-order valence-corrected chi connectivity index (χ4v) is 4.82. The molecule has 2 unspecified atom stereocenters. The van der Waals surface area contributed by atoms with Gasteiger partial charge in [0.1, 0.15) is 0 Å². The standard InChI is InChI=1S/C17H34N2/c1-14-9-15(2)11-17(10-14,13-18)19(3)12-16-7-5-4-6-8-16/h14-16H,4-13,18H2,1-3H3. The Balaban J connectivity index is 1.98. The van der Waals surface area contributed by atoms with Crippen LogP contribution in [0.1, 0.15) is 65.2 Å². The van der Waals surface area contributed by atoms with E-state index in [1.807, 2.05) is 0 Å². The molecule has 0 aliphatic heterocycles. The van der Waals surface area contributed by atoms with E-state index in [0.29, 0.717) is 0 Å². The molecule has 0 bridgehead atoms. The Morgan fingerprint density at radius 1 is 1.05 bits per heavy atom. The van der Waals surface area contributed by atoms with Gasteiger partial charge in [-0.25, -0.2) is 0 Å². The molecule has 2 fully saturated rings. The molecule has 112 valence electrons. The van der Waals surface area contributed by atoms with Crippen molar-refractivity contribution in [3.05, 3.63) is 0 Å². The van der Waals surface area contributed by atoms with Gasteiger partial charge in [-0.05, 0) is 56.9 Å². The van der Waals surface area contributed by atoms with Gasteiger partial charge in [-0.2, -0.15) is 0 Å². The molecule has 2 rings (SSSR count). The fourth-order valence-electron chi connectivity index (χ4n) is 4.82. The lowest BCUT2D eigenvalue weighted by Crippen LogP contribution is -2.57. The summed E-state index contributed by atoms with van der Waals surface area (Å²) in [7, 11) is 2.34. The van der Waals surface area contributed by atoms with Crippen LogP contribution in [0.3, 0.4) is 0 Å². The zero-order valence-corrected chi connectivity index (χ0v) is 13.3. The van der Waals surface area contributed by atoms with Crippen molar-refractivity contribution in [3.63, 3.8) is 0 Å². The van der Waals surface area contributed by atoms with Crippen LogP contribution in [0.15, 0.2) is 0 Å². The molecular formula is C17H34N2. The molecular weight excluding hydrogens is 232 g/mol. The second-order valence-electron chi connectivity index (χ2n) is 7.67. The van der Waals surface area contributed by atoms with Gasteiger partial charge < -0.3 is 5.73 Å². The fraction of sp³-hybridized carbons (Fsp3) is 1.00. The summed E-state index contributed by atoms with van der Waals surface area (Å²) in [6, 6.07) is 0. The zero-order valence-electron chi connectivity index (χ0n) is 13.3. The highest BCUT2D eigenvalue weighted by Gasteiger charge is 2.40. The van der Waals surface area contributed by atoms with Crippen LogP contribution in [0, 0.1) is 17.8 Å². The summed E-state index contributed by atoms with van der Waals surface area (Å²) in [4.78, 5) is 2.65. The SMILES string of the molecule is CC1CC(C)CC(CN)(N(C)CC2CCCCC2)C1. The number of hydrogen-bond donors (Lipinski definition) is 1. The summed E-state index contributed by atoms with van der Waals surface area (Å²) in [5, 5.41) is 0. The third-order valence-corrected chi connectivity index (χ3v) is 5.71. The molecule has 2 aliphatic rings. The zero-order chi connectivity index (χ0) is 13.9. The minimum atomic E-state index is 0.286. The number of rotatable bonds is 4. The predicted octanol–water partition coefficient (Wildman–Crippen LogP) is 3.65. The molecule has 0 amide bonds. The first-order valence-electron chi connectivity index (χ1n) is 8.47. The van der Waals surface area contributed by atoms with Gasteiger partial charge in [0.05, 0.1) is 0 Å². The summed E-state index contributed by atoms with van der Waals surface area (Å²) >= 11 is 0. The van der Waals surface area contributed by atoms with E-state index in [-0.39, 0.29) is 5.54 Å². The molecule has 0 aromatic heterocycles. The highest BCUT2D eigenvalue weighted by molar-refractivity contribution is 4.97. The van der Waals surface area contributed by atoms with Crippen molar-refractivity contribution in [2.45, 2.75) is 70.8 Å². The van der Waals surface area contributed by atoms with Crippen LogP contribution in [-0.4, -0.2) is 30.6 Å². The molecule has 2 atom stereocenters. The third-order valence-electron chi connectivity index (χ3n) is 5.71. The van der Waals surface area contributed by atoms with Gasteiger partial charge in [-0.3, -0.25) is 4.90 Å². The van der Waals surface area contributed by atoms with E-state index >= 15 is 0 Å². The number of hydrogen-bond acceptors (Lipinski definition) is 2. The molecule has 0 heterocycles. The Labute approximate surface area is 120 Å². The third kappa shape index (κ3) is 3.72. The molecule has 2 N–H and O–H groups in total. The van der Waals surface area contributed by atoms with E-state index in [0.717, 1.165) is 24.3 Å². The largest absolute Gasteiger partial charge is 0.329 e. The van der Waals surface area contributed by atoms with Crippen molar-refractivity contribution in [2.75, 3.05) is 20.1 Å². The first-order valence-corrected chi connectivity index (χ1v) is 8.47. The number of nitrogens with zero attached hydrogens (tertiary/aromatic N) is 1. The second-order valence-corrected chi connectivity index (χ2v) is 7.67. The Bertz CT molecular complexity index is 260. The van der Waals surface area contributed by atoms with E-state index in [4.69, 9.17) is 5.73 Å². The van der Waals surface area contributed by atoms with Gasteiger partial charge in [0.2, 0.25) is 0 Å². The van der Waals surface area contributed by atoms with Crippen molar-refractivity contribution in [2.24, 2.45) is 23.5 Å². The van der Waals surface area contributed by atoms with Crippen LogP contribution in [0.5, 0.6) is 0 Å². The molecule has 0 saturated heterocycles. The van der Waals surface area contributed by atoms with E-state index < -0.39 is 0 Å². The van der Waals surface area contributed by atoms with Gasteiger partial charge in [0.25, 0.3) is 0 Å². The molecule has 0 aromatic rings. The van der Waals surface area contributed by atoms with Crippen molar-refractivity contribution < 1.29 is 0 Å².